The van der Waals surface area contributed by atoms with E-state index in [4.69, 9.17) is 4.74 Å². The number of hydrogen-bond acceptors (Lipinski definition) is 4. The molecule has 0 bridgehead atoms. The summed E-state index contributed by atoms with van der Waals surface area (Å²) in [7, 11) is 0. The molecule has 1 heterocycles. The summed E-state index contributed by atoms with van der Waals surface area (Å²) >= 11 is 0. The van der Waals surface area contributed by atoms with E-state index in [9.17, 15) is 14.4 Å². The van der Waals surface area contributed by atoms with Gasteiger partial charge in [-0.25, -0.2) is 4.79 Å². The van der Waals surface area contributed by atoms with Gasteiger partial charge in [-0.3, -0.25) is 14.5 Å². The highest BCUT2D eigenvalue weighted by Crippen LogP contribution is 2.34. The number of ether oxygens (including phenoxy) is 1. The monoisotopic (exact) mass is 485 g/mol. The molecule has 3 aromatic carbocycles. The van der Waals surface area contributed by atoms with Gasteiger partial charge in [-0.2, -0.15) is 0 Å². The molecule has 2 atom stereocenters. The van der Waals surface area contributed by atoms with Gasteiger partial charge < -0.3 is 15.4 Å². The molecule has 0 radical (unpaired) electrons. The minimum Gasteiger partial charge on any atom is -0.438 e. The first-order valence-electron chi connectivity index (χ1n) is 12.0. The van der Waals surface area contributed by atoms with Gasteiger partial charge in [-0.05, 0) is 63.1 Å². The lowest BCUT2D eigenvalue weighted by atomic mass is 10.00. The molecule has 2 unspecified atom stereocenters. The van der Waals surface area contributed by atoms with Crippen molar-refractivity contribution in [2.45, 2.75) is 52.4 Å². The Morgan fingerprint density at radius 3 is 2.28 bits per heavy atom. The van der Waals surface area contributed by atoms with Crippen LogP contribution in [0.4, 0.5) is 10.5 Å². The zero-order chi connectivity index (χ0) is 25.8. The summed E-state index contributed by atoms with van der Waals surface area (Å²) in [4.78, 5) is 40.1. The lowest BCUT2D eigenvalue weighted by Gasteiger charge is -2.25. The van der Waals surface area contributed by atoms with Crippen LogP contribution in [0.15, 0.2) is 72.8 Å². The Morgan fingerprint density at radius 2 is 1.64 bits per heavy atom. The number of anilines is 1. The molecule has 0 aliphatic carbocycles. The number of aryl methyl sites for hydroxylation is 2. The largest absolute Gasteiger partial charge is 0.438 e. The summed E-state index contributed by atoms with van der Waals surface area (Å²) in [5, 5.41) is 5.80. The van der Waals surface area contributed by atoms with Crippen LogP contribution in [-0.4, -0.2) is 34.9 Å². The minimum absolute atomic E-state index is 0.0889. The lowest BCUT2D eigenvalue weighted by Crippen LogP contribution is -2.48. The number of nitrogens with one attached hydrogen (secondary N) is 2. The van der Waals surface area contributed by atoms with E-state index in [-0.39, 0.29) is 24.4 Å². The van der Waals surface area contributed by atoms with Gasteiger partial charge in [0.2, 0.25) is 5.91 Å². The topological polar surface area (TPSA) is 87.7 Å². The fourth-order valence-corrected chi connectivity index (χ4v) is 4.25. The molecule has 0 saturated carbocycles. The van der Waals surface area contributed by atoms with Gasteiger partial charge in [0.1, 0.15) is 0 Å². The van der Waals surface area contributed by atoms with Crippen LogP contribution in [-0.2, 0) is 16.1 Å². The van der Waals surface area contributed by atoms with Crippen LogP contribution in [0.3, 0.4) is 0 Å². The van der Waals surface area contributed by atoms with Crippen LogP contribution in [0, 0.1) is 13.8 Å². The number of hydrogen-bond donors (Lipinski definition) is 2. The second kappa shape index (κ2) is 10.6. The summed E-state index contributed by atoms with van der Waals surface area (Å²) < 4.78 is 5.72. The van der Waals surface area contributed by atoms with Crippen molar-refractivity contribution in [2.24, 2.45) is 0 Å². The van der Waals surface area contributed by atoms with Crippen LogP contribution in [0.25, 0.3) is 0 Å². The van der Waals surface area contributed by atoms with Crippen molar-refractivity contribution in [3.05, 3.63) is 101 Å². The summed E-state index contributed by atoms with van der Waals surface area (Å²) in [6.45, 7) is 7.96. The van der Waals surface area contributed by atoms with E-state index in [1.807, 2.05) is 64.1 Å². The summed E-state index contributed by atoms with van der Waals surface area (Å²) in [5.74, 6) is -0.487. The van der Waals surface area contributed by atoms with Crippen molar-refractivity contribution in [3.63, 3.8) is 0 Å². The Balaban J connectivity index is 1.55. The predicted octanol–water partition coefficient (Wildman–Crippen LogP) is 5.14. The first-order chi connectivity index (χ1) is 17.2. The lowest BCUT2D eigenvalue weighted by molar-refractivity contribution is -0.126. The van der Waals surface area contributed by atoms with Crippen LogP contribution >= 0.6 is 0 Å². The molecule has 1 aliphatic rings. The molecule has 1 fully saturated rings. The SMILES string of the molecule is Cc1ccc(C(=O)Nc2ccc(C3OC(=O)N(Cc4cccc(C)c4)C3C(=O)NC(C)C)cc2)cc1. The molecule has 3 amide bonds. The number of benzene rings is 3. The van der Waals surface area contributed by atoms with Gasteiger partial charge in [-0.15, -0.1) is 0 Å². The van der Waals surface area contributed by atoms with E-state index in [0.29, 0.717) is 16.8 Å². The second-order valence-corrected chi connectivity index (χ2v) is 9.47. The van der Waals surface area contributed by atoms with Crippen LogP contribution in [0.2, 0.25) is 0 Å². The van der Waals surface area contributed by atoms with Crippen molar-refractivity contribution in [1.82, 2.24) is 10.2 Å². The van der Waals surface area contributed by atoms with E-state index in [0.717, 1.165) is 16.7 Å². The summed E-state index contributed by atoms with van der Waals surface area (Å²) in [6, 6.07) is 21.3. The molecule has 4 rings (SSSR count). The predicted molar refractivity (Wildman–Crippen MR) is 139 cm³/mol. The number of carbonyl (C=O) groups is 3. The Bertz CT molecular complexity index is 1250. The highest BCUT2D eigenvalue weighted by Gasteiger charge is 2.47. The molecule has 36 heavy (non-hydrogen) atoms. The van der Waals surface area contributed by atoms with E-state index in [1.165, 1.54) is 4.90 Å². The highest BCUT2D eigenvalue weighted by molar-refractivity contribution is 6.04. The maximum Gasteiger partial charge on any atom is 0.411 e. The minimum atomic E-state index is -0.826. The maximum atomic E-state index is 13.2. The normalized spacial score (nSPS) is 17.1. The van der Waals surface area contributed by atoms with E-state index < -0.39 is 18.2 Å². The standard InChI is InChI=1S/C29H31N3O4/c1-18(2)30-28(34)25-26(36-29(35)32(25)17-21-7-5-6-20(4)16-21)22-12-14-24(15-13-22)31-27(33)23-10-8-19(3)9-11-23/h5-16,18,25-26H,17H2,1-4H3,(H,30,34)(H,31,33). The first kappa shape index (κ1) is 25.0. The van der Waals surface area contributed by atoms with Crippen LogP contribution in [0.5, 0.6) is 0 Å². The van der Waals surface area contributed by atoms with Crippen molar-refractivity contribution in [3.8, 4) is 0 Å². The number of rotatable bonds is 7. The Hall–Kier alpha value is -4.13. The summed E-state index contributed by atoms with van der Waals surface area (Å²) in [5.41, 5.74) is 4.91. The molecule has 7 nitrogen and oxygen atoms in total. The first-order valence-corrected chi connectivity index (χ1v) is 12.0. The number of carbonyl (C=O) groups excluding carboxylic acids is 3. The molecule has 186 valence electrons. The Morgan fingerprint density at radius 1 is 0.944 bits per heavy atom. The smallest absolute Gasteiger partial charge is 0.411 e. The van der Waals surface area contributed by atoms with Crippen molar-refractivity contribution in [1.29, 1.82) is 0 Å². The van der Waals surface area contributed by atoms with Crippen LogP contribution < -0.4 is 10.6 Å². The third-order valence-corrected chi connectivity index (χ3v) is 6.03. The Kier molecular flexibility index (Phi) is 7.38. The Labute approximate surface area is 211 Å². The van der Waals surface area contributed by atoms with Gasteiger partial charge in [0, 0.05) is 17.3 Å². The molecule has 0 spiro atoms. The second-order valence-electron chi connectivity index (χ2n) is 9.47. The zero-order valence-electron chi connectivity index (χ0n) is 20.9. The van der Waals surface area contributed by atoms with E-state index >= 15 is 0 Å². The average molecular weight is 486 g/mol. The van der Waals surface area contributed by atoms with Gasteiger partial charge in [0.15, 0.2) is 12.1 Å². The van der Waals surface area contributed by atoms with Gasteiger partial charge in [0.25, 0.3) is 5.91 Å². The molecule has 0 aromatic heterocycles. The number of cyclic esters (lactones) is 1. The van der Waals surface area contributed by atoms with Crippen LogP contribution in [0.1, 0.15) is 52.6 Å². The molecule has 1 aliphatic heterocycles. The molecule has 3 aromatic rings. The quantitative estimate of drug-likeness (QED) is 0.485. The maximum absolute atomic E-state index is 13.2. The van der Waals surface area contributed by atoms with Crippen molar-refractivity contribution >= 4 is 23.6 Å². The number of amides is 3. The number of nitrogens with zero attached hydrogens (tertiary/aromatic N) is 1. The third-order valence-electron chi connectivity index (χ3n) is 6.03. The van der Waals surface area contributed by atoms with E-state index in [1.54, 1.807) is 36.4 Å². The fraction of sp³-hybridized carbons (Fsp3) is 0.276. The third kappa shape index (κ3) is 5.74. The summed E-state index contributed by atoms with van der Waals surface area (Å²) in [6.07, 6.45) is -1.31. The van der Waals surface area contributed by atoms with Gasteiger partial charge in [0.05, 0.1) is 6.54 Å². The van der Waals surface area contributed by atoms with Gasteiger partial charge >= 0.3 is 6.09 Å². The van der Waals surface area contributed by atoms with Crippen molar-refractivity contribution in [2.75, 3.05) is 5.32 Å². The van der Waals surface area contributed by atoms with Gasteiger partial charge in [-0.1, -0.05) is 59.7 Å². The highest BCUT2D eigenvalue weighted by atomic mass is 16.6. The van der Waals surface area contributed by atoms with Crippen molar-refractivity contribution < 1.29 is 19.1 Å². The molecule has 1 saturated heterocycles. The van der Waals surface area contributed by atoms with E-state index in [2.05, 4.69) is 10.6 Å². The average Bonchev–Trinajstić information content (AvgIpc) is 3.15. The fourth-order valence-electron chi connectivity index (χ4n) is 4.25. The molecule has 2 N–H and O–H groups in total. The molecular weight excluding hydrogens is 454 g/mol. The molecule has 7 heteroatoms. The molecular formula is C29H31N3O4. The zero-order valence-corrected chi connectivity index (χ0v) is 20.9.